The number of carboxylic acids is 1. The molecule has 0 radical (unpaired) electrons. The van der Waals surface area contributed by atoms with E-state index in [1.807, 2.05) is 13.8 Å². The first-order valence-corrected chi connectivity index (χ1v) is 6.27. The number of carbonyl (C=O) groups is 1. The Kier molecular flexibility index (Phi) is 4.70. The molecule has 0 aliphatic carbocycles. The van der Waals surface area contributed by atoms with Crippen LogP contribution in [0, 0.1) is 21.4 Å². The van der Waals surface area contributed by atoms with E-state index in [2.05, 4.69) is 0 Å². The van der Waals surface area contributed by atoms with Gasteiger partial charge in [0.1, 0.15) is 5.75 Å². The van der Waals surface area contributed by atoms with Crippen LogP contribution in [-0.2, 0) is 11.2 Å². The van der Waals surface area contributed by atoms with Gasteiger partial charge >= 0.3 is 5.97 Å². The Labute approximate surface area is 117 Å². The fourth-order valence-corrected chi connectivity index (χ4v) is 1.94. The van der Waals surface area contributed by atoms with Gasteiger partial charge in [-0.15, -0.1) is 0 Å². The van der Waals surface area contributed by atoms with Gasteiger partial charge in [0, 0.05) is 17.7 Å². The fourth-order valence-electron chi connectivity index (χ4n) is 1.94. The Morgan fingerprint density at radius 2 is 2.10 bits per heavy atom. The van der Waals surface area contributed by atoms with Crippen molar-refractivity contribution in [1.29, 1.82) is 0 Å². The second-order valence-electron chi connectivity index (χ2n) is 5.31. The maximum absolute atomic E-state index is 11.5. The van der Waals surface area contributed by atoms with Gasteiger partial charge in [-0.25, -0.2) is 0 Å². The molecule has 0 amide bonds. The van der Waals surface area contributed by atoms with Crippen molar-refractivity contribution in [2.45, 2.75) is 27.2 Å². The third-order valence-corrected chi connectivity index (χ3v) is 3.80. The Morgan fingerprint density at radius 3 is 2.50 bits per heavy atom. The minimum Gasteiger partial charge on any atom is -0.496 e. The van der Waals surface area contributed by atoms with E-state index in [1.54, 1.807) is 6.92 Å². The summed E-state index contributed by atoms with van der Waals surface area (Å²) < 4.78 is 5.17. The van der Waals surface area contributed by atoms with Gasteiger partial charge in [-0.05, 0) is 25.3 Å². The molecule has 0 spiro atoms. The zero-order chi connectivity index (χ0) is 15.5. The zero-order valence-corrected chi connectivity index (χ0v) is 12.0. The van der Waals surface area contributed by atoms with Gasteiger partial charge in [0.15, 0.2) is 0 Å². The molecule has 0 aliphatic heterocycles. The molecule has 1 rings (SSSR count). The number of methoxy groups -OCH3 is 1. The average Bonchev–Trinajstić information content (AvgIpc) is 2.37. The Hall–Kier alpha value is -2.11. The van der Waals surface area contributed by atoms with Crippen LogP contribution in [0.15, 0.2) is 18.2 Å². The molecule has 0 bridgehead atoms. The topological polar surface area (TPSA) is 89.7 Å². The number of rotatable bonds is 6. The van der Waals surface area contributed by atoms with Crippen LogP contribution in [-0.4, -0.2) is 23.1 Å². The van der Waals surface area contributed by atoms with Gasteiger partial charge in [0.05, 0.1) is 17.4 Å². The molecule has 1 N–H and O–H groups in total. The number of ether oxygens (including phenoxy) is 1. The quantitative estimate of drug-likeness (QED) is 0.639. The SMILES string of the molecule is COc1ccc([N+](=O)[O-])cc1CC(C)(C(=O)O)C(C)C. The minimum atomic E-state index is -1.01. The highest BCUT2D eigenvalue weighted by Crippen LogP contribution is 2.36. The van der Waals surface area contributed by atoms with E-state index in [-0.39, 0.29) is 18.0 Å². The summed E-state index contributed by atoms with van der Waals surface area (Å²) in [7, 11) is 1.46. The molecule has 110 valence electrons. The molecule has 0 aromatic heterocycles. The Morgan fingerprint density at radius 1 is 1.50 bits per heavy atom. The first-order chi connectivity index (χ1) is 9.22. The maximum atomic E-state index is 11.5. The molecule has 1 aromatic rings. The van der Waals surface area contributed by atoms with Crippen LogP contribution in [0.4, 0.5) is 5.69 Å². The number of hydrogen-bond acceptors (Lipinski definition) is 4. The van der Waals surface area contributed by atoms with E-state index < -0.39 is 16.3 Å². The van der Waals surface area contributed by atoms with Crippen molar-refractivity contribution in [1.82, 2.24) is 0 Å². The summed E-state index contributed by atoms with van der Waals surface area (Å²) in [6.07, 6.45) is 0.171. The number of non-ortho nitro benzene ring substituents is 1. The highest BCUT2D eigenvalue weighted by molar-refractivity contribution is 5.75. The minimum absolute atomic E-state index is 0.0719. The fraction of sp³-hybridized carbons (Fsp3) is 0.500. The molecule has 1 atom stereocenters. The van der Waals surface area contributed by atoms with E-state index in [9.17, 15) is 20.0 Å². The van der Waals surface area contributed by atoms with Crippen LogP contribution in [0.1, 0.15) is 26.3 Å². The lowest BCUT2D eigenvalue weighted by Gasteiger charge is -2.29. The number of carboxylic acid groups (broad SMARTS) is 1. The second kappa shape index (κ2) is 5.90. The van der Waals surface area contributed by atoms with E-state index in [1.165, 1.54) is 25.3 Å². The highest BCUT2D eigenvalue weighted by Gasteiger charge is 2.37. The molecule has 0 fully saturated rings. The molecule has 0 saturated heterocycles. The van der Waals surface area contributed by atoms with Crippen molar-refractivity contribution >= 4 is 11.7 Å². The molecule has 6 heteroatoms. The second-order valence-corrected chi connectivity index (χ2v) is 5.31. The predicted molar refractivity (Wildman–Crippen MR) is 73.9 cm³/mol. The molecular formula is C14H19NO5. The molecule has 0 heterocycles. The molecule has 6 nitrogen and oxygen atoms in total. The monoisotopic (exact) mass is 281 g/mol. The van der Waals surface area contributed by atoms with Crippen molar-refractivity contribution < 1.29 is 19.6 Å². The summed E-state index contributed by atoms with van der Waals surface area (Å²) in [5.41, 5.74) is -0.555. The molecule has 0 saturated carbocycles. The smallest absolute Gasteiger partial charge is 0.309 e. The summed E-state index contributed by atoms with van der Waals surface area (Å²) in [4.78, 5) is 21.8. The average molecular weight is 281 g/mol. The zero-order valence-electron chi connectivity index (χ0n) is 12.0. The number of benzene rings is 1. The highest BCUT2D eigenvalue weighted by atomic mass is 16.6. The van der Waals surface area contributed by atoms with Crippen LogP contribution < -0.4 is 4.74 Å². The van der Waals surface area contributed by atoms with Gasteiger partial charge in [-0.1, -0.05) is 13.8 Å². The van der Waals surface area contributed by atoms with Gasteiger partial charge in [-0.3, -0.25) is 14.9 Å². The largest absolute Gasteiger partial charge is 0.496 e. The maximum Gasteiger partial charge on any atom is 0.309 e. The van der Waals surface area contributed by atoms with Crippen LogP contribution in [0.2, 0.25) is 0 Å². The van der Waals surface area contributed by atoms with Crippen molar-refractivity contribution in [3.05, 3.63) is 33.9 Å². The Bertz CT molecular complexity index is 526. The third kappa shape index (κ3) is 3.07. The van der Waals surface area contributed by atoms with Gasteiger partial charge in [0.2, 0.25) is 0 Å². The lowest BCUT2D eigenvalue weighted by Crippen LogP contribution is -2.35. The van der Waals surface area contributed by atoms with Crippen LogP contribution in [0.25, 0.3) is 0 Å². The summed E-state index contributed by atoms with van der Waals surface area (Å²) in [5.74, 6) is -0.589. The van der Waals surface area contributed by atoms with Crippen molar-refractivity contribution in [3.63, 3.8) is 0 Å². The van der Waals surface area contributed by atoms with E-state index >= 15 is 0 Å². The summed E-state index contributed by atoms with van der Waals surface area (Å²) in [6.45, 7) is 5.27. The summed E-state index contributed by atoms with van der Waals surface area (Å²) >= 11 is 0. The number of nitro benzene ring substituents is 1. The number of aliphatic carboxylic acids is 1. The van der Waals surface area contributed by atoms with Crippen LogP contribution in [0.3, 0.4) is 0 Å². The molecule has 20 heavy (non-hydrogen) atoms. The molecule has 1 unspecified atom stereocenters. The van der Waals surface area contributed by atoms with Gasteiger partial charge in [0.25, 0.3) is 5.69 Å². The molecule has 1 aromatic carbocycles. The summed E-state index contributed by atoms with van der Waals surface area (Å²) in [5, 5.41) is 20.3. The predicted octanol–water partition coefficient (Wildman–Crippen LogP) is 2.89. The first-order valence-electron chi connectivity index (χ1n) is 6.27. The van der Waals surface area contributed by atoms with E-state index in [0.29, 0.717) is 11.3 Å². The number of nitro groups is 1. The lowest BCUT2D eigenvalue weighted by molar-refractivity contribution is -0.384. The number of nitrogens with zero attached hydrogens (tertiary/aromatic N) is 1. The first kappa shape index (κ1) is 15.9. The van der Waals surface area contributed by atoms with Crippen LogP contribution in [0.5, 0.6) is 5.75 Å². The van der Waals surface area contributed by atoms with E-state index in [0.717, 1.165) is 0 Å². The van der Waals surface area contributed by atoms with Gasteiger partial charge < -0.3 is 9.84 Å². The van der Waals surface area contributed by atoms with Crippen molar-refractivity contribution in [2.75, 3.05) is 7.11 Å². The number of hydrogen-bond donors (Lipinski definition) is 1. The molecular weight excluding hydrogens is 262 g/mol. The standard InChI is InChI=1S/C14H19NO5/c1-9(2)14(3,13(16)17)8-10-7-11(15(18)19)5-6-12(10)20-4/h5-7,9H,8H2,1-4H3,(H,16,17). The molecule has 0 aliphatic rings. The van der Waals surface area contributed by atoms with Crippen LogP contribution >= 0.6 is 0 Å². The lowest BCUT2D eigenvalue weighted by atomic mass is 9.74. The van der Waals surface area contributed by atoms with E-state index in [4.69, 9.17) is 4.74 Å². The summed E-state index contributed by atoms with van der Waals surface area (Å²) in [6, 6.07) is 4.22. The Balaban J connectivity index is 3.27. The van der Waals surface area contributed by atoms with Gasteiger partial charge in [-0.2, -0.15) is 0 Å². The van der Waals surface area contributed by atoms with Crippen molar-refractivity contribution in [2.24, 2.45) is 11.3 Å². The normalized spacial score (nSPS) is 13.8. The third-order valence-electron chi connectivity index (χ3n) is 3.80. The van der Waals surface area contributed by atoms with Crippen molar-refractivity contribution in [3.8, 4) is 5.75 Å².